The quantitative estimate of drug-likeness (QED) is 0.133. The topological polar surface area (TPSA) is 74.9 Å². The van der Waals surface area contributed by atoms with E-state index in [1.54, 1.807) is 18.1 Å². The standard InChI is InChI=1S/C32H23I2N3O3S/c1-39-26-13-11-21(12-14-26)19-37-31(38)29(41-32(37)36-25-9-3-2-4-10-25)17-22-15-27(33)30(28(34)16-22)40-20-24-8-6-5-7-23(24)18-35/h2-17H,19-20H2,1H3/b29-17+,36-32?. The third kappa shape index (κ3) is 7.12. The molecule has 41 heavy (non-hydrogen) atoms. The summed E-state index contributed by atoms with van der Waals surface area (Å²) >= 11 is 5.86. The molecule has 0 aliphatic carbocycles. The van der Waals surface area contributed by atoms with Crippen molar-refractivity contribution in [3.05, 3.63) is 125 Å². The monoisotopic (exact) mass is 783 g/mol. The molecule has 0 unspecified atom stereocenters. The zero-order valence-electron chi connectivity index (χ0n) is 21.9. The smallest absolute Gasteiger partial charge is 0.267 e. The van der Waals surface area contributed by atoms with Gasteiger partial charge in [0.15, 0.2) is 5.17 Å². The molecule has 0 aromatic heterocycles. The molecule has 4 aromatic rings. The number of amidine groups is 1. The molecule has 0 spiro atoms. The number of hydrogen-bond donors (Lipinski definition) is 0. The molecule has 1 heterocycles. The van der Waals surface area contributed by atoms with Crippen molar-refractivity contribution >= 4 is 79.8 Å². The maximum absolute atomic E-state index is 13.7. The third-order valence-electron chi connectivity index (χ3n) is 6.20. The summed E-state index contributed by atoms with van der Waals surface area (Å²) in [5.74, 6) is 1.42. The second-order valence-corrected chi connectivity index (χ2v) is 12.3. The van der Waals surface area contributed by atoms with Gasteiger partial charge in [-0.3, -0.25) is 9.69 Å². The molecule has 6 nitrogen and oxygen atoms in total. The average molecular weight is 783 g/mol. The highest BCUT2D eigenvalue weighted by Gasteiger charge is 2.33. The molecule has 0 saturated carbocycles. The van der Waals surface area contributed by atoms with E-state index in [0.29, 0.717) is 28.8 Å². The summed E-state index contributed by atoms with van der Waals surface area (Å²) in [7, 11) is 1.63. The van der Waals surface area contributed by atoms with Crippen molar-refractivity contribution in [3.8, 4) is 17.6 Å². The van der Waals surface area contributed by atoms with Crippen molar-refractivity contribution < 1.29 is 14.3 Å². The Hall–Kier alpha value is -3.34. The zero-order chi connectivity index (χ0) is 28.8. The van der Waals surface area contributed by atoms with E-state index in [2.05, 4.69) is 51.3 Å². The summed E-state index contributed by atoms with van der Waals surface area (Å²) < 4.78 is 13.2. The van der Waals surface area contributed by atoms with Gasteiger partial charge >= 0.3 is 0 Å². The first-order valence-corrected chi connectivity index (χ1v) is 15.5. The minimum absolute atomic E-state index is 0.0982. The molecular formula is C32H23I2N3O3S. The molecule has 1 amide bonds. The summed E-state index contributed by atoms with van der Waals surface area (Å²) in [6, 6.07) is 30.9. The first-order valence-electron chi connectivity index (χ1n) is 12.5. The Bertz CT molecular complexity index is 1660. The van der Waals surface area contributed by atoms with Gasteiger partial charge in [-0.2, -0.15) is 5.26 Å². The lowest BCUT2D eigenvalue weighted by molar-refractivity contribution is -0.122. The number of thioether (sulfide) groups is 1. The highest BCUT2D eigenvalue weighted by molar-refractivity contribution is 14.1. The largest absolute Gasteiger partial charge is 0.497 e. The van der Waals surface area contributed by atoms with E-state index in [1.807, 2.05) is 91.0 Å². The lowest BCUT2D eigenvalue weighted by Gasteiger charge is -2.16. The maximum Gasteiger partial charge on any atom is 0.267 e. The molecule has 0 atom stereocenters. The second kappa shape index (κ2) is 13.5. The van der Waals surface area contributed by atoms with Crippen LogP contribution in [0.1, 0.15) is 22.3 Å². The lowest BCUT2D eigenvalue weighted by atomic mass is 10.1. The van der Waals surface area contributed by atoms with Gasteiger partial charge in [0, 0.05) is 5.56 Å². The van der Waals surface area contributed by atoms with Crippen LogP contribution in [0.5, 0.6) is 11.5 Å². The first-order chi connectivity index (χ1) is 19.9. The number of benzene rings is 4. The van der Waals surface area contributed by atoms with Gasteiger partial charge in [-0.25, -0.2) is 4.99 Å². The van der Waals surface area contributed by atoms with E-state index in [1.165, 1.54) is 11.8 Å². The number of rotatable bonds is 8. The number of ether oxygens (including phenoxy) is 2. The molecule has 1 aliphatic rings. The third-order valence-corrected chi connectivity index (χ3v) is 8.81. The molecule has 0 bridgehead atoms. The average Bonchev–Trinajstić information content (AvgIpc) is 3.26. The Morgan fingerprint density at radius 1 is 0.976 bits per heavy atom. The van der Waals surface area contributed by atoms with Crippen LogP contribution in [0.15, 0.2) is 101 Å². The van der Waals surface area contributed by atoms with E-state index in [4.69, 9.17) is 14.5 Å². The van der Waals surface area contributed by atoms with Crippen LogP contribution in [0.4, 0.5) is 5.69 Å². The normalized spacial score (nSPS) is 14.9. The van der Waals surface area contributed by atoms with Crippen LogP contribution in [-0.4, -0.2) is 23.1 Å². The zero-order valence-corrected chi connectivity index (χ0v) is 27.0. The number of hydrogen-bond acceptors (Lipinski definition) is 6. The van der Waals surface area contributed by atoms with E-state index in [-0.39, 0.29) is 5.91 Å². The van der Waals surface area contributed by atoms with Crippen molar-refractivity contribution in [2.75, 3.05) is 7.11 Å². The SMILES string of the molecule is COc1ccc(CN2C(=O)/C(=C\c3cc(I)c(OCc4ccccc4C#N)c(I)c3)SC2=Nc2ccccc2)cc1. The minimum Gasteiger partial charge on any atom is -0.497 e. The van der Waals surface area contributed by atoms with Gasteiger partial charge in [-0.15, -0.1) is 0 Å². The predicted molar refractivity (Wildman–Crippen MR) is 180 cm³/mol. The lowest BCUT2D eigenvalue weighted by Crippen LogP contribution is -2.28. The Balaban J connectivity index is 1.41. The number of carbonyl (C=O) groups excluding carboxylic acids is 1. The van der Waals surface area contributed by atoms with E-state index < -0.39 is 0 Å². The van der Waals surface area contributed by atoms with Crippen LogP contribution in [0.3, 0.4) is 0 Å². The molecule has 5 rings (SSSR count). The van der Waals surface area contributed by atoms with Gasteiger partial charge in [0.1, 0.15) is 18.1 Å². The van der Waals surface area contributed by atoms with Gasteiger partial charge in [0.05, 0.1) is 43.0 Å². The summed E-state index contributed by atoms with van der Waals surface area (Å²) in [5, 5.41) is 10.0. The fraction of sp³-hybridized carbons (Fsp3) is 0.0938. The molecule has 1 aliphatic heterocycles. The van der Waals surface area contributed by atoms with Crippen molar-refractivity contribution in [3.63, 3.8) is 0 Å². The van der Waals surface area contributed by atoms with Gasteiger partial charge in [-0.1, -0.05) is 48.5 Å². The summed E-state index contributed by atoms with van der Waals surface area (Å²) in [6.45, 7) is 0.689. The summed E-state index contributed by atoms with van der Waals surface area (Å²) in [4.78, 5) is 20.8. The molecule has 1 saturated heterocycles. The van der Waals surface area contributed by atoms with Crippen molar-refractivity contribution in [2.45, 2.75) is 13.2 Å². The Morgan fingerprint density at radius 2 is 1.66 bits per heavy atom. The van der Waals surface area contributed by atoms with Crippen LogP contribution in [0.2, 0.25) is 0 Å². The number of methoxy groups -OCH3 is 1. The Kier molecular flexibility index (Phi) is 9.64. The Morgan fingerprint density at radius 3 is 2.34 bits per heavy atom. The van der Waals surface area contributed by atoms with E-state index >= 15 is 0 Å². The fourth-order valence-corrected chi connectivity index (χ4v) is 7.24. The van der Waals surface area contributed by atoms with Crippen LogP contribution in [0.25, 0.3) is 6.08 Å². The van der Waals surface area contributed by atoms with E-state index in [0.717, 1.165) is 41.0 Å². The molecule has 0 radical (unpaired) electrons. The van der Waals surface area contributed by atoms with Crippen molar-refractivity contribution in [1.82, 2.24) is 4.90 Å². The molecule has 1 fully saturated rings. The molecule has 4 aromatic carbocycles. The fourth-order valence-electron chi connectivity index (χ4n) is 4.11. The highest BCUT2D eigenvalue weighted by atomic mass is 127. The Labute approximate surface area is 270 Å². The number of amides is 1. The van der Waals surface area contributed by atoms with E-state index in [9.17, 15) is 10.1 Å². The summed E-state index contributed by atoms with van der Waals surface area (Å²) in [5.41, 5.74) is 4.09. The number of nitrogens with zero attached hydrogens (tertiary/aromatic N) is 3. The summed E-state index contributed by atoms with van der Waals surface area (Å²) in [6.07, 6.45) is 1.90. The van der Waals surface area contributed by atoms with Crippen molar-refractivity contribution in [2.24, 2.45) is 4.99 Å². The van der Waals surface area contributed by atoms with Gasteiger partial charge in [0.2, 0.25) is 0 Å². The first kappa shape index (κ1) is 29.2. The van der Waals surface area contributed by atoms with Gasteiger partial charge in [0.25, 0.3) is 5.91 Å². The molecule has 204 valence electrons. The molecular weight excluding hydrogens is 760 g/mol. The van der Waals surface area contributed by atoms with Crippen LogP contribution in [0, 0.1) is 18.5 Å². The highest BCUT2D eigenvalue weighted by Crippen LogP contribution is 2.37. The number of aliphatic imine (C=N–C) groups is 1. The maximum atomic E-state index is 13.7. The number of halogens is 2. The number of para-hydroxylation sites is 1. The minimum atomic E-state index is -0.0982. The van der Waals surface area contributed by atoms with Crippen LogP contribution in [-0.2, 0) is 17.9 Å². The van der Waals surface area contributed by atoms with Gasteiger partial charge in [-0.05, 0) is 117 Å². The van der Waals surface area contributed by atoms with Gasteiger partial charge < -0.3 is 9.47 Å². The van der Waals surface area contributed by atoms with Crippen LogP contribution < -0.4 is 9.47 Å². The molecule has 0 N–H and O–H groups in total. The predicted octanol–water partition coefficient (Wildman–Crippen LogP) is 8.16. The van der Waals surface area contributed by atoms with Crippen LogP contribution >= 0.6 is 56.9 Å². The van der Waals surface area contributed by atoms with Crippen molar-refractivity contribution in [1.29, 1.82) is 5.26 Å². The molecule has 9 heteroatoms. The number of carbonyl (C=O) groups is 1. The number of nitriles is 1. The second-order valence-electron chi connectivity index (χ2n) is 8.95.